The van der Waals surface area contributed by atoms with Crippen LogP contribution in [0.4, 0.5) is 10.1 Å². The molecule has 0 spiro atoms. The van der Waals surface area contributed by atoms with Gasteiger partial charge in [-0.1, -0.05) is 0 Å². The number of amides is 1. The van der Waals surface area contributed by atoms with Crippen LogP contribution in [0.15, 0.2) is 45.8 Å². The van der Waals surface area contributed by atoms with E-state index in [0.717, 1.165) is 12.5 Å². The zero-order chi connectivity index (χ0) is 18.0. The van der Waals surface area contributed by atoms with Crippen molar-refractivity contribution in [3.8, 4) is 11.5 Å². The Labute approximate surface area is 141 Å². The molecule has 7 nitrogen and oxygen atoms in total. The first-order valence-corrected chi connectivity index (χ1v) is 7.18. The quantitative estimate of drug-likeness (QED) is 0.729. The van der Waals surface area contributed by atoms with Crippen molar-refractivity contribution in [3.63, 3.8) is 0 Å². The average Bonchev–Trinajstić information content (AvgIpc) is 3.28. The molecule has 128 valence electrons. The molecule has 0 unspecified atom stereocenters. The van der Waals surface area contributed by atoms with Gasteiger partial charge < -0.3 is 18.9 Å². The fourth-order valence-electron chi connectivity index (χ4n) is 2.22. The Morgan fingerprint density at radius 3 is 2.76 bits per heavy atom. The van der Waals surface area contributed by atoms with E-state index >= 15 is 0 Å². The molecule has 0 aliphatic carbocycles. The highest BCUT2D eigenvalue weighted by Crippen LogP contribution is 2.26. The van der Waals surface area contributed by atoms with E-state index in [4.69, 9.17) is 8.83 Å². The molecule has 0 bridgehead atoms. The summed E-state index contributed by atoms with van der Waals surface area (Å²) in [4.78, 5) is 28.0. The van der Waals surface area contributed by atoms with Crippen LogP contribution in [0, 0.1) is 12.7 Å². The number of esters is 1. The number of hydrogen-bond donors (Lipinski definition) is 1. The fourth-order valence-corrected chi connectivity index (χ4v) is 2.22. The summed E-state index contributed by atoms with van der Waals surface area (Å²) in [6.45, 7) is 1.47. The van der Waals surface area contributed by atoms with E-state index in [1.165, 1.54) is 26.4 Å². The van der Waals surface area contributed by atoms with Crippen molar-refractivity contribution in [2.75, 3.05) is 12.4 Å². The highest BCUT2D eigenvalue weighted by atomic mass is 19.1. The van der Waals surface area contributed by atoms with Crippen LogP contribution in [0.25, 0.3) is 11.5 Å². The molecule has 0 atom stereocenters. The van der Waals surface area contributed by atoms with Crippen LogP contribution in [0.2, 0.25) is 0 Å². The Morgan fingerprint density at radius 2 is 2.08 bits per heavy atom. The number of ether oxygens (including phenoxy) is 1. The number of aromatic nitrogens is 1. The highest BCUT2D eigenvalue weighted by Gasteiger charge is 2.22. The summed E-state index contributed by atoms with van der Waals surface area (Å²) in [5.41, 5.74) is 0.244. The smallest absolute Gasteiger partial charge is 0.338 e. The number of rotatable bonds is 4. The number of nitrogens with zero attached hydrogens (tertiary/aromatic N) is 1. The van der Waals surface area contributed by atoms with Crippen molar-refractivity contribution in [3.05, 3.63) is 59.6 Å². The summed E-state index contributed by atoms with van der Waals surface area (Å²) >= 11 is 0. The van der Waals surface area contributed by atoms with Gasteiger partial charge in [0.25, 0.3) is 5.91 Å². The number of furan rings is 1. The number of hydrogen-bond acceptors (Lipinski definition) is 6. The molecule has 2 aromatic heterocycles. The normalized spacial score (nSPS) is 10.5. The van der Waals surface area contributed by atoms with Crippen molar-refractivity contribution in [1.82, 2.24) is 4.98 Å². The number of benzene rings is 1. The molecule has 3 rings (SSSR count). The van der Waals surface area contributed by atoms with E-state index in [2.05, 4.69) is 15.0 Å². The Hall–Kier alpha value is -3.42. The van der Waals surface area contributed by atoms with Gasteiger partial charge in [0, 0.05) is 11.3 Å². The fraction of sp³-hybridized carbons (Fsp3) is 0.118. The van der Waals surface area contributed by atoms with Gasteiger partial charge in [-0.25, -0.2) is 14.2 Å². The van der Waals surface area contributed by atoms with E-state index in [-0.39, 0.29) is 28.3 Å². The maximum atomic E-state index is 14.0. The maximum absolute atomic E-state index is 14.0. The van der Waals surface area contributed by atoms with Gasteiger partial charge in [-0.05, 0) is 31.2 Å². The van der Waals surface area contributed by atoms with Gasteiger partial charge in [-0.2, -0.15) is 0 Å². The first-order chi connectivity index (χ1) is 12.0. The summed E-state index contributed by atoms with van der Waals surface area (Å²) < 4.78 is 29.0. The lowest BCUT2D eigenvalue weighted by Gasteiger charge is -2.10. The number of nitrogens with one attached hydrogen (secondary N) is 1. The molecular weight excluding hydrogens is 331 g/mol. The van der Waals surface area contributed by atoms with E-state index < -0.39 is 17.7 Å². The summed E-state index contributed by atoms with van der Waals surface area (Å²) in [7, 11) is 1.18. The van der Waals surface area contributed by atoms with Crippen LogP contribution in [0.5, 0.6) is 0 Å². The van der Waals surface area contributed by atoms with Gasteiger partial charge in [0.15, 0.2) is 17.8 Å². The molecule has 0 saturated heterocycles. The first kappa shape index (κ1) is 16.4. The number of halogens is 1. The van der Waals surface area contributed by atoms with E-state index in [0.29, 0.717) is 5.76 Å². The van der Waals surface area contributed by atoms with E-state index in [1.54, 1.807) is 12.1 Å². The second-order valence-corrected chi connectivity index (χ2v) is 5.08. The molecule has 1 N–H and O–H groups in total. The molecule has 0 aliphatic heterocycles. The Morgan fingerprint density at radius 1 is 1.28 bits per heavy atom. The molecule has 0 radical (unpaired) electrons. The summed E-state index contributed by atoms with van der Waals surface area (Å²) in [6.07, 6.45) is 2.53. The number of oxazole rings is 1. The van der Waals surface area contributed by atoms with Gasteiger partial charge in [0.1, 0.15) is 5.82 Å². The minimum absolute atomic E-state index is 0.0210. The average molecular weight is 344 g/mol. The molecule has 1 aromatic carbocycles. The third kappa shape index (κ3) is 3.14. The van der Waals surface area contributed by atoms with Gasteiger partial charge in [-0.3, -0.25) is 4.79 Å². The lowest BCUT2D eigenvalue weighted by atomic mass is 10.1. The minimum atomic E-state index is -0.716. The third-order valence-electron chi connectivity index (χ3n) is 3.54. The monoisotopic (exact) mass is 344 g/mol. The van der Waals surface area contributed by atoms with Crippen molar-refractivity contribution >= 4 is 17.6 Å². The highest BCUT2D eigenvalue weighted by molar-refractivity contribution is 6.07. The second kappa shape index (κ2) is 6.60. The Kier molecular flexibility index (Phi) is 4.34. The van der Waals surface area contributed by atoms with Crippen molar-refractivity contribution in [2.45, 2.75) is 6.92 Å². The van der Waals surface area contributed by atoms with Gasteiger partial charge in [0.2, 0.25) is 5.76 Å². The first-order valence-electron chi connectivity index (χ1n) is 7.18. The van der Waals surface area contributed by atoms with Gasteiger partial charge in [-0.15, -0.1) is 0 Å². The molecular formula is C17H13FN2O5. The summed E-state index contributed by atoms with van der Waals surface area (Å²) in [5, 5.41) is 2.52. The molecule has 0 aliphatic rings. The standard InChI is InChI=1S/C17H13FN2O5/c1-9-11(18)6-10(17(22)23-2)7-12(9)20-16(21)14-15(25-8-19-14)13-4-3-5-24-13/h3-8H,1-2H3,(H,20,21). The van der Waals surface area contributed by atoms with Crippen LogP contribution in [0.3, 0.4) is 0 Å². The SMILES string of the molecule is COC(=O)c1cc(F)c(C)c(NC(=O)c2ncoc2-c2ccco2)c1. The number of methoxy groups -OCH3 is 1. The van der Waals surface area contributed by atoms with Crippen molar-refractivity contribution in [1.29, 1.82) is 0 Å². The van der Waals surface area contributed by atoms with Gasteiger partial charge in [0.05, 0.1) is 18.9 Å². The summed E-state index contributed by atoms with van der Waals surface area (Å²) in [5.74, 6) is -1.53. The van der Waals surface area contributed by atoms with Crippen LogP contribution < -0.4 is 5.32 Å². The molecule has 8 heteroatoms. The lowest BCUT2D eigenvalue weighted by molar-refractivity contribution is 0.0600. The molecule has 3 aromatic rings. The van der Waals surface area contributed by atoms with Crippen molar-refractivity contribution in [2.24, 2.45) is 0 Å². The number of carbonyl (C=O) groups is 2. The van der Waals surface area contributed by atoms with Crippen LogP contribution >= 0.6 is 0 Å². The van der Waals surface area contributed by atoms with E-state index in [9.17, 15) is 14.0 Å². The van der Waals surface area contributed by atoms with Crippen LogP contribution in [-0.4, -0.2) is 24.0 Å². The zero-order valence-electron chi connectivity index (χ0n) is 13.3. The molecule has 0 saturated carbocycles. The van der Waals surface area contributed by atoms with E-state index in [1.807, 2.05) is 0 Å². The largest absolute Gasteiger partial charge is 0.465 e. The minimum Gasteiger partial charge on any atom is -0.465 e. The third-order valence-corrected chi connectivity index (χ3v) is 3.54. The van der Waals surface area contributed by atoms with Crippen molar-refractivity contribution < 1.29 is 27.6 Å². The molecule has 25 heavy (non-hydrogen) atoms. The maximum Gasteiger partial charge on any atom is 0.338 e. The zero-order valence-corrected chi connectivity index (χ0v) is 13.3. The van der Waals surface area contributed by atoms with Crippen LogP contribution in [0.1, 0.15) is 26.4 Å². The number of carbonyl (C=O) groups excluding carboxylic acids is 2. The van der Waals surface area contributed by atoms with Crippen LogP contribution in [-0.2, 0) is 4.74 Å². The summed E-state index contributed by atoms with van der Waals surface area (Å²) in [6, 6.07) is 5.62. The molecule has 2 heterocycles. The lowest BCUT2D eigenvalue weighted by Crippen LogP contribution is -2.15. The number of anilines is 1. The predicted molar refractivity (Wildman–Crippen MR) is 84.6 cm³/mol. The molecule has 1 amide bonds. The van der Waals surface area contributed by atoms with Gasteiger partial charge >= 0.3 is 5.97 Å². The Bertz CT molecular complexity index is 931. The molecule has 0 fully saturated rings. The predicted octanol–water partition coefficient (Wildman–Crippen LogP) is 3.42. The topological polar surface area (TPSA) is 94.6 Å². The second-order valence-electron chi connectivity index (χ2n) is 5.08. The Balaban J connectivity index is 1.93.